The third-order valence-electron chi connectivity index (χ3n) is 5.90. The number of ether oxygens (including phenoxy) is 2. The number of aliphatic hydroxyl groups is 1. The largest absolute Gasteiger partial charge is 0.489 e. The highest BCUT2D eigenvalue weighted by atomic mass is 32.2. The van der Waals surface area contributed by atoms with Gasteiger partial charge in [-0.3, -0.25) is 4.31 Å². The van der Waals surface area contributed by atoms with Gasteiger partial charge >= 0.3 is 12.1 Å². The van der Waals surface area contributed by atoms with Crippen LogP contribution in [0.15, 0.2) is 65.1 Å². The van der Waals surface area contributed by atoms with E-state index in [0.717, 1.165) is 34.8 Å². The Bertz CT molecular complexity index is 1700. The summed E-state index contributed by atoms with van der Waals surface area (Å²) in [5.41, 5.74) is 5.28. The molecule has 41 heavy (non-hydrogen) atoms. The summed E-state index contributed by atoms with van der Waals surface area (Å²) in [6.07, 6.45) is -2.28. The molecule has 1 atom stereocenters. The Balaban J connectivity index is 1.94. The minimum absolute atomic E-state index is 0.0104. The molecule has 13 heteroatoms. The second-order valence-electron chi connectivity index (χ2n) is 9.37. The van der Waals surface area contributed by atoms with Crippen LogP contribution in [0.2, 0.25) is 0 Å². The average molecular weight is 589 g/mol. The zero-order valence-electron chi connectivity index (χ0n) is 22.1. The molecule has 3 aromatic carbocycles. The Labute approximate surface area is 233 Å². The number of esters is 1. The molecular weight excluding hydrogens is 562 g/mol. The summed E-state index contributed by atoms with van der Waals surface area (Å²) in [5.74, 6) is -2.35. The quantitative estimate of drug-likeness (QED) is 0.207. The van der Waals surface area contributed by atoms with Crippen LogP contribution in [0.4, 0.5) is 19.3 Å². The highest BCUT2D eigenvalue weighted by molar-refractivity contribution is 7.92. The van der Waals surface area contributed by atoms with Crippen molar-refractivity contribution in [2.45, 2.75) is 26.1 Å². The van der Waals surface area contributed by atoms with Crippen molar-refractivity contribution in [2.24, 2.45) is 5.73 Å². The standard InChI is InChI=1S/C28H26F2N2O8S/c1-15(2)38-24-12-20-23(39-26(17-6-10-19(30)11-7-17)25(20)27(34)40-28(31)35)13-21(24)32(41(3,36)37)14-22(33)16-4-8-18(29)9-5-16/h4-13,15,22,33H,14H2,1-3H3,(H2,31,35). The number of carbonyl (C=O) groups is 2. The number of hydrogen-bond acceptors (Lipinski definition) is 8. The van der Waals surface area contributed by atoms with Crippen molar-refractivity contribution >= 4 is 38.7 Å². The molecule has 0 aliphatic heterocycles. The lowest BCUT2D eigenvalue weighted by Crippen LogP contribution is -2.34. The lowest BCUT2D eigenvalue weighted by Gasteiger charge is -2.27. The van der Waals surface area contributed by atoms with Crippen molar-refractivity contribution in [2.75, 3.05) is 17.1 Å². The van der Waals surface area contributed by atoms with Crippen LogP contribution in [-0.2, 0) is 14.8 Å². The van der Waals surface area contributed by atoms with E-state index in [1.54, 1.807) is 13.8 Å². The van der Waals surface area contributed by atoms with Crippen molar-refractivity contribution in [1.29, 1.82) is 0 Å². The first-order valence-electron chi connectivity index (χ1n) is 12.2. The van der Waals surface area contributed by atoms with Crippen molar-refractivity contribution in [1.82, 2.24) is 0 Å². The van der Waals surface area contributed by atoms with Crippen molar-refractivity contribution in [3.63, 3.8) is 0 Å². The molecule has 0 bridgehead atoms. The first-order valence-corrected chi connectivity index (χ1v) is 14.1. The van der Waals surface area contributed by atoms with E-state index in [0.29, 0.717) is 0 Å². The van der Waals surface area contributed by atoms with E-state index in [4.69, 9.17) is 14.9 Å². The summed E-state index contributed by atoms with van der Waals surface area (Å²) in [5, 5.41) is 10.9. The second-order valence-corrected chi connectivity index (χ2v) is 11.3. The average Bonchev–Trinajstić information content (AvgIpc) is 3.24. The van der Waals surface area contributed by atoms with Crippen LogP contribution >= 0.6 is 0 Å². The van der Waals surface area contributed by atoms with Gasteiger partial charge in [0.25, 0.3) is 0 Å². The fourth-order valence-electron chi connectivity index (χ4n) is 4.16. The molecule has 1 heterocycles. The number of furan rings is 1. The number of nitrogens with zero attached hydrogens (tertiary/aromatic N) is 1. The summed E-state index contributed by atoms with van der Waals surface area (Å²) < 4.78 is 70.3. The molecule has 1 unspecified atom stereocenters. The number of anilines is 1. The Morgan fingerprint density at radius 3 is 2.15 bits per heavy atom. The molecule has 0 fully saturated rings. The Hall–Kier alpha value is -4.49. The normalized spacial score (nSPS) is 12.4. The van der Waals surface area contributed by atoms with E-state index in [2.05, 4.69) is 4.74 Å². The predicted octanol–water partition coefficient (Wildman–Crippen LogP) is 4.90. The smallest absolute Gasteiger partial charge is 0.412 e. The lowest BCUT2D eigenvalue weighted by atomic mass is 10.0. The van der Waals surface area contributed by atoms with E-state index in [-0.39, 0.29) is 44.9 Å². The molecule has 1 aromatic heterocycles. The first kappa shape index (κ1) is 29.5. The summed E-state index contributed by atoms with van der Waals surface area (Å²) in [6.45, 7) is 2.90. The van der Waals surface area contributed by atoms with E-state index in [1.165, 1.54) is 36.4 Å². The molecule has 3 N–H and O–H groups in total. The van der Waals surface area contributed by atoms with Gasteiger partial charge < -0.3 is 24.7 Å². The first-order chi connectivity index (χ1) is 19.2. The maximum absolute atomic E-state index is 13.6. The number of hydrogen-bond donors (Lipinski definition) is 2. The van der Waals surface area contributed by atoms with E-state index < -0.39 is 52.5 Å². The molecule has 1 amide bonds. The van der Waals surface area contributed by atoms with Crippen LogP contribution in [0.1, 0.15) is 35.9 Å². The van der Waals surface area contributed by atoms with Gasteiger partial charge in [-0.25, -0.2) is 26.8 Å². The topological polar surface area (TPSA) is 149 Å². The number of benzene rings is 3. The van der Waals surface area contributed by atoms with Crippen LogP contribution in [0.3, 0.4) is 0 Å². The fourth-order valence-corrected chi connectivity index (χ4v) is 5.08. The molecule has 0 aliphatic carbocycles. The second kappa shape index (κ2) is 11.6. The molecule has 0 saturated heterocycles. The molecule has 4 aromatic rings. The number of nitrogens with two attached hydrogens (primary N) is 1. The molecule has 0 radical (unpaired) electrons. The number of sulfonamides is 1. The van der Waals surface area contributed by atoms with Gasteiger partial charge in [0.15, 0.2) is 0 Å². The molecule has 0 spiro atoms. The van der Waals surface area contributed by atoms with Gasteiger partial charge in [0, 0.05) is 17.0 Å². The van der Waals surface area contributed by atoms with E-state index in [9.17, 15) is 31.9 Å². The van der Waals surface area contributed by atoms with Crippen molar-refractivity contribution < 1.29 is 45.8 Å². The number of fused-ring (bicyclic) bond motifs is 1. The Morgan fingerprint density at radius 2 is 1.61 bits per heavy atom. The van der Waals surface area contributed by atoms with Crippen LogP contribution in [0.5, 0.6) is 5.75 Å². The summed E-state index contributed by atoms with van der Waals surface area (Å²) in [4.78, 5) is 24.4. The third-order valence-corrected chi connectivity index (χ3v) is 7.05. The van der Waals surface area contributed by atoms with Gasteiger partial charge in [0.2, 0.25) is 10.0 Å². The highest BCUT2D eigenvalue weighted by Gasteiger charge is 2.30. The number of amides is 1. The molecule has 216 valence electrons. The van der Waals surface area contributed by atoms with Crippen LogP contribution in [0, 0.1) is 11.6 Å². The van der Waals surface area contributed by atoms with Crippen molar-refractivity contribution in [3.05, 3.63) is 83.4 Å². The van der Waals surface area contributed by atoms with Gasteiger partial charge in [-0.05, 0) is 61.9 Å². The van der Waals surface area contributed by atoms with Gasteiger partial charge in [-0.1, -0.05) is 12.1 Å². The minimum Gasteiger partial charge on any atom is -0.489 e. The van der Waals surface area contributed by atoms with Gasteiger partial charge in [-0.15, -0.1) is 0 Å². The van der Waals surface area contributed by atoms with E-state index in [1.807, 2.05) is 0 Å². The fraction of sp³-hybridized carbons (Fsp3) is 0.214. The summed E-state index contributed by atoms with van der Waals surface area (Å²) in [6, 6.07) is 12.5. The summed E-state index contributed by atoms with van der Waals surface area (Å²) >= 11 is 0. The number of halogens is 2. The monoisotopic (exact) mass is 588 g/mol. The molecule has 0 aliphatic rings. The highest BCUT2D eigenvalue weighted by Crippen LogP contribution is 2.42. The molecule has 0 saturated carbocycles. The zero-order valence-corrected chi connectivity index (χ0v) is 22.9. The third kappa shape index (κ3) is 6.64. The minimum atomic E-state index is -4.07. The summed E-state index contributed by atoms with van der Waals surface area (Å²) in [7, 11) is -4.07. The van der Waals surface area contributed by atoms with E-state index >= 15 is 0 Å². The number of primary amides is 1. The van der Waals surface area contributed by atoms with Gasteiger partial charge in [-0.2, -0.15) is 0 Å². The maximum Gasteiger partial charge on any atom is 0.412 e. The number of rotatable bonds is 9. The van der Waals surface area contributed by atoms with Gasteiger partial charge in [0.1, 0.15) is 34.3 Å². The molecule has 4 rings (SSSR count). The molecular formula is C28H26F2N2O8S. The van der Waals surface area contributed by atoms with Gasteiger partial charge in [0.05, 0.1) is 30.7 Å². The Morgan fingerprint density at radius 1 is 1.02 bits per heavy atom. The Kier molecular flexibility index (Phi) is 8.31. The lowest BCUT2D eigenvalue weighted by molar-refractivity contribution is 0.0640. The zero-order chi connectivity index (χ0) is 30.1. The number of carbonyl (C=O) groups excluding carboxylic acids is 2. The SMILES string of the molecule is CC(C)Oc1cc2c(C(=O)OC(N)=O)c(-c3ccc(F)cc3)oc2cc1N(CC(O)c1ccc(F)cc1)S(C)(=O)=O. The molecule has 10 nitrogen and oxygen atoms in total. The number of aliphatic hydroxyl groups excluding tert-OH is 1. The predicted molar refractivity (Wildman–Crippen MR) is 146 cm³/mol. The van der Waals surface area contributed by atoms with Crippen molar-refractivity contribution in [3.8, 4) is 17.1 Å². The van der Waals surface area contributed by atoms with Crippen LogP contribution in [-0.4, -0.2) is 44.5 Å². The van der Waals surface area contributed by atoms with Crippen LogP contribution in [0.25, 0.3) is 22.3 Å². The maximum atomic E-state index is 13.6. The van der Waals surface area contributed by atoms with Crippen LogP contribution < -0.4 is 14.8 Å².